The highest BCUT2D eigenvalue weighted by Gasteiger charge is 1.99. The van der Waals surface area contributed by atoms with E-state index in [1.54, 1.807) is 6.26 Å². The summed E-state index contributed by atoms with van der Waals surface area (Å²) in [6.07, 6.45) is 1.67. The zero-order chi connectivity index (χ0) is 7.84. The van der Waals surface area contributed by atoms with Crippen LogP contribution in [0.15, 0.2) is 28.9 Å². The number of nitrogen functional groups attached to an aromatic ring is 1. The Kier molecular flexibility index (Phi) is 1.15. The van der Waals surface area contributed by atoms with E-state index >= 15 is 0 Å². The zero-order valence-corrected chi connectivity index (χ0v) is 6.29. The molecule has 0 aliphatic carbocycles. The van der Waals surface area contributed by atoms with Crippen LogP contribution in [0.4, 0.5) is 5.69 Å². The van der Waals surface area contributed by atoms with Crippen molar-refractivity contribution in [2.24, 2.45) is 0 Å². The lowest BCUT2D eigenvalue weighted by atomic mass is 10.1. The Balaban J connectivity index is 2.86. The summed E-state index contributed by atoms with van der Waals surface area (Å²) in [6, 6.07) is 5.78. The number of rotatable bonds is 0. The van der Waals surface area contributed by atoms with Crippen molar-refractivity contribution < 1.29 is 4.42 Å². The molecule has 0 aliphatic rings. The van der Waals surface area contributed by atoms with E-state index in [9.17, 15) is 0 Å². The predicted molar refractivity (Wildman–Crippen MR) is 45.4 cm³/mol. The van der Waals surface area contributed by atoms with E-state index in [-0.39, 0.29) is 0 Å². The van der Waals surface area contributed by atoms with Crippen molar-refractivity contribution in [1.29, 1.82) is 0 Å². The lowest BCUT2D eigenvalue weighted by molar-refractivity contribution is 0.615. The molecule has 0 fully saturated rings. The van der Waals surface area contributed by atoms with Crippen molar-refractivity contribution in [3.05, 3.63) is 30.0 Å². The summed E-state index contributed by atoms with van der Waals surface area (Å²) in [5.41, 5.74) is 8.48. The smallest absolute Gasteiger partial charge is 0.134 e. The monoisotopic (exact) mass is 147 g/mol. The number of fused-ring (bicyclic) bond motifs is 1. The Morgan fingerprint density at radius 2 is 2.18 bits per heavy atom. The van der Waals surface area contributed by atoms with Gasteiger partial charge in [-0.25, -0.2) is 0 Å². The molecule has 1 aromatic heterocycles. The molecule has 2 aromatic rings. The normalized spacial score (nSPS) is 10.6. The van der Waals surface area contributed by atoms with E-state index in [2.05, 4.69) is 0 Å². The van der Waals surface area contributed by atoms with Crippen molar-refractivity contribution in [2.45, 2.75) is 6.92 Å². The maximum absolute atomic E-state index is 5.70. The molecular formula is C9H9NO. The minimum absolute atomic E-state index is 0.818. The fourth-order valence-corrected chi connectivity index (χ4v) is 1.13. The number of furan rings is 1. The molecule has 2 rings (SSSR count). The fourth-order valence-electron chi connectivity index (χ4n) is 1.13. The Hall–Kier alpha value is -1.44. The van der Waals surface area contributed by atoms with Crippen LogP contribution in [0, 0.1) is 6.92 Å². The minimum Gasteiger partial charge on any atom is -0.464 e. The fraction of sp³-hybridized carbons (Fsp3) is 0.111. The van der Waals surface area contributed by atoms with E-state index < -0.39 is 0 Å². The van der Waals surface area contributed by atoms with Crippen LogP contribution in [0.1, 0.15) is 5.56 Å². The van der Waals surface area contributed by atoms with E-state index in [0.717, 1.165) is 22.2 Å². The van der Waals surface area contributed by atoms with Gasteiger partial charge in [-0.2, -0.15) is 0 Å². The maximum atomic E-state index is 5.70. The predicted octanol–water partition coefficient (Wildman–Crippen LogP) is 2.32. The lowest BCUT2D eigenvalue weighted by Crippen LogP contribution is -1.87. The molecule has 0 atom stereocenters. The summed E-state index contributed by atoms with van der Waals surface area (Å²) in [5.74, 6) is 0. The standard InChI is InChI=1S/C9H9NO/c1-6-4-9-7(2-3-11-9)5-8(6)10/h2-5H,10H2,1H3. The van der Waals surface area contributed by atoms with Gasteiger partial charge < -0.3 is 10.2 Å². The third kappa shape index (κ3) is 0.871. The number of nitrogens with two attached hydrogens (primary N) is 1. The van der Waals surface area contributed by atoms with Crippen LogP contribution in [0.2, 0.25) is 0 Å². The Morgan fingerprint density at radius 1 is 1.36 bits per heavy atom. The van der Waals surface area contributed by atoms with Crippen LogP contribution in [0.3, 0.4) is 0 Å². The van der Waals surface area contributed by atoms with Crippen LogP contribution in [-0.4, -0.2) is 0 Å². The van der Waals surface area contributed by atoms with Crippen molar-refractivity contribution in [3.63, 3.8) is 0 Å². The molecule has 0 aliphatic heterocycles. The van der Waals surface area contributed by atoms with Crippen molar-refractivity contribution in [2.75, 3.05) is 5.73 Å². The van der Waals surface area contributed by atoms with Gasteiger partial charge in [-0.1, -0.05) is 0 Å². The number of hydrogen-bond donors (Lipinski definition) is 1. The molecule has 0 saturated carbocycles. The molecule has 0 amide bonds. The van der Waals surface area contributed by atoms with E-state index in [1.165, 1.54) is 0 Å². The minimum atomic E-state index is 0.818. The van der Waals surface area contributed by atoms with Crippen molar-refractivity contribution in [1.82, 2.24) is 0 Å². The molecule has 11 heavy (non-hydrogen) atoms. The molecule has 0 spiro atoms. The average Bonchev–Trinajstić information content (AvgIpc) is 2.36. The van der Waals surface area contributed by atoms with Crippen LogP contribution >= 0.6 is 0 Å². The highest BCUT2D eigenvalue weighted by Crippen LogP contribution is 2.21. The van der Waals surface area contributed by atoms with E-state index in [4.69, 9.17) is 10.2 Å². The van der Waals surface area contributed by atoms with E-state index in [0.29, 0.717) is 0 Å². The highest BCUT2D eigenvalue weighted by molar-refractivity contribution is 5.82. The van der Waals surface area contributed by atoms with Crippen LogP contribution in [0.25, 0.3) is 11.0 Å². The number of benzene rings is 1. The van der Waals surface area contributed by atoms with Gasteiger partial charge in [0.1, 0.15) is 5.58 Å². The van der Waals surface area contributed by atoms with Gasteiger partial charge in [0.05, 0.1) is 6.26 Å². The zero-order valence-electron chi connectivity index (χ0n) is 6.29. The summed E-state index contributed by atoms with van der Waals surface area (Å²) >= 11 is 0. The highest BCUT2D eigenvalue weighted by atomic mass is 16.3. The van der Waals surface area contributed by atoms with Crippen LogP contribution in [0.5, 0.6) is 0 Å². The van der Waals surface area contributed by atoms with Gasteiger partial charge in [-0.05, 0) is 30.7 Å². The third-order valence-corrected chi connectivity index (χ3v) is 1.84. The second-order valence-electron chi connectivity index (χ2n) is 2.67. The molecule has 2 N–H and O–H groups in total. The molecule has 56 valence electrons. The van der Waals surface area contributed by atoms with Gasteiger partial charge in [-0.3, -0.25) is 0 Å². The molecule has 0 radical (unpaired) electrons. The summed E-state index contributed by atoms with van der Waals surface area (Å²) in [6.45, 7) is 1.97. The molecule has 0 saturated heterocycles. The van der Waals surface area contributed by atoms with Gasteiger partial charge >= 0.3 is 0 Å². The average molecular weight is 147 g/mol. The summed E-state index contributed by atoms with van der Waals surface area (Å²) in [7, 11) is 0. The molecule has 2 heteroatoms. The topological polar surface area (TPSA) is 39.2 Å². The molecule has 0 bridgehead atoms. The Morgan fingerprint density at radius 3 is 3.00 bits per heavy atom. The molecule has 0 unspecified atom stereocenters. The summed E-state index contributed by atoms with van der Waals surface area (Å²) in [5, 5.41) is 1.06. The molecule has 1 aromatic carbocycles. The van der Waals surface area contributed by atoms with Gasteiger partial charge in [0.2, 0.25) is 0 Å². The largest absolute Gasteiger partial charge is 0.464 e. The molecule has 1 heterocycles. The van der Waals surface area contributed by atoms with Gasteiger partial charge in [0.15, 0.2) is 0 Å². The Bertz CT molecular complexity index is 353. The summed E-state index contributed by atoms with van der Waals surface area (Å²) < 4.78 is 5.20. The van der Waals surface area contributed by atoms with Gasteiger partial charge in [0.25, 0.3) is 0 Å². The third-order valence-electron chi connectivity index (χ3n) is 1.84. The quantitative estimate of drug-likeness (QED) is 0.581. The molecule has 2 nitrogen and oxygen atoms in total. The number of aryl methyl sites for hydroxylation is 1. The van der Waals surface area contributed by atoms with Crippen molar-refractivity contribution in [3.8, 4) is 0 Å². The molecular weight excluding hydrogens is 138 g/mol. The SMILES string of the molecule is Cc1cc2occc2cc1N. The lowest BCUT2D eigenvalue weighted by Gasteiger charge is -1.97. The first-order chi connectivity index (χ1) is 5.27. The first-order valence-electron chi connectivity index (χ1n) is 3.51. The van der Waals surface area contributed by atoms with Crippen molar-refractivity contribution >= 4 is 16.7 Å². The van der Waals surface area contributed by atoms with Crippen LogP contribution < -0.4 is 5.73 Å². The van der Waals surface area contributed by atoms with Gasteiger partial charge in [0, 0.05) is 11.1 Å². The summed E-state index contributed by atoms with van der Waals surface area (Å²) in [4.78, 5) is 0. The van der Waals surface area contributed by atoms with Crippen LogP contribution in [-0.2, 0) is 0 Å². The number of hydrogen-bond acceptors (Lipinski definition) is 2. The second-order valence-corrected chi connectivity index (χ2v) is 2.67. The van der Waals surface area contributed by atoms with E-state index in [1.807, 2.05) is 25.1 Å². The first-order valence-corrected chi connectivity index (χ1v) is 3.51. The Labute approximate surface area is 64.6 Å². The first kappa shape index (κ1) is 6.28. The number of anilines is 1. The second kappa shape index (κ2) is 2.02. The van der Waals surface area contributed by atoms with Gasteiger partial charge in [-0.15, -0.1) is 0 Å². The maximum Gasteiger partial charge on any atom is 0.134 e.